The highest BCUT2D eigenvalue weighted by molar-refractivity contribution is 4.81. The molecule has 4 heteroatoms. The van der Waals surface area contributed by atoms with Gasteiger partial charge in [0.15, 0.2) is 0 Å². The topological polar surface area (TPSA) is 61.7 Å². The molecule has 20 heavy (non-hydrogen) atoms. The molecular formula is C16H35NO3. The number of aliphatic hydroxyl groups excluding tert-OH is 2. The van der Waals surface area contributed by atoms with Gasteiger partial charge in [0.05, 0.1) is 19.3 Å². The van der Waals surface area contributed by atoms with Crippen LogP contribution in [0.3, 0.4) is 0 Å². The number of nitrogens with one attached hydrogen (secondary N) is 1. The van der Waals surface area contributed by atoms with Gasteiger partial charge in [-0.2, -0.15) is 0 Å². The molecule has 3 atom stereocenters. The van der Waals surface area contributed by atoms with Crippen LogP contribution in [0.2, 0.25) is 0 Å². The minimum absolute atomic E-state index is 0.0754. The van der Waals surface area contributed by atoms with Gasteiger partial charge in [0.2, 0.25) is 0 Å². The Balaban J connectivity index is 3.79. The maximum absolute atomic E-state index is 9.90. The molecule has 0 saturated heterocycles. The van der Waals surface area contributed by atoms with E-state index in [4.69, 9.17) is 4.74 Å². The molecule has 0 radical (unpaired) electrons. The largest absolute Gasteiger partial charge is 0.394 e. The highest BCUT2D eigenvalue weighted by Crippen LogP contribution is 2.13. The van der Waals surface area contributed by atoms with E-state index < -0.39 is 6.10 Å². The molecule has 0 aliphatic heterocycles. The van der Waals surface area contributed by atoms with Crippen molar-refractivity contribution in [2.75, 3.05) is 26.4 Å². The Kier molecular flexibility index (Phi) is 11.4. The molecule has 0 spiro atoms. The number of β-amino-alcohol motifs (C(OH)–C–C–N with tert-alkyl or cyclic N) is 1. The maximum Gasteiger partial charge on any atom is 0.0897 e. The first-order valence-corrected chi connectivity index (χ1v) is 8.12. The molecule has 0 fully saturated rings. The summed E-state index contributed by atoms with van der Waals surface area (Å²) in [6, 6.07) is 0. The van der Waals surface area contributed by atoms with Crippen LogP contribution in [0.4, 0.5) is 0 Å². The smallest absolute Gasteiger partial charge is 0.0897 e. The first-order valence-electron chi connectivity index (χ1n) is 8.12. The second-order valence-corrected chi connectivity index (χ2v) is 6.06. The van der Waals surface area contributed by atoms with Crippen molar-refractivity contribution >= 4 is 0 Å². The molecule has 0 aliphatic carbocycles. The maximum atomic E-state index is 9.90. The lowest BCUT2D eigenvalue weighted by molar-refractivity contribution is 0.0141. The van der Waals surface area contributed by atoms with Crippen molar-refractivity contribution < 1.29 is 14.9 Å². The van der Waals surface area contributed by atoms with Crippen molar-refractivity contribution in [3.8, 4) is 0 Å². The van der Waals surface area contributed by atoms with E-state index in [-0.39, 0.29) is 12.1 Å². The average Bonchev–Trinajstić information content (AvgIpc) is 2.48. The number of hydrogen-bond acceptors (Lipinski definition) is 4. The van der Waals surface area contributed by atoms with Gasteiger partial charge in [-0.1, -0.05) is 40.0 Å². The van der Waals surface area contributed by atoms with Gasteiger partial charge in [-0.25, -0.2) is 0 Å². The van der Waals surface area contributed by atoms with Gasteiger partial charge in [-0.05, 0) is 25.7 Å². The number of rotatable bonds is 13. The van der Waals surface area contributed by atoms with Gasteiger partial charge in [0.25, 0.3) is 0 Å². The van der Waals surface area contributed by atoms with Gasteiger partial charge in [-0.15, -0.1) is 0 Å². The highest BCUT2D eigenvalue weighted by atomic mass is 16.5. The van der Waals surface area contributed by atoms with Crippen LogP contribution in [-0.2, 0) is 4.74 Å². The summed E-state index contributed by atoms with van der Waals surface area (Å²) in [5.41, 5.74) is -0.311. The Morgan fingerprint density at radius 2 is 1.90 bits per heavy atom. The first-order chi connectivity index (χ1) is 9.51. The second kappa shape index (κ2) is 11.5. The summed E-state index contributed by atoms with van der Waals surface area (Å²) in [4.78, 5) is 0. The van der Waals surface area contributed by atoms with Crippen LogP contribution in [0.15, 0.2) is 0 Å². The van der Waals surface area contributed by atoms with E-state index in [2.05, 4.69) is 19.2 Å². The molecule has 4 nitrogen and oxygen atoms in total. The third kappa shape index (κ3) is 8.90. The summed E-state index contributed by atoms with van der Waals surface area (Å²) in [7, 11) is 0. The predicted molar refractivity (Wildman–Crippen MR) is 83.9 cm³/mol. The van der Waals surface area contributed by atoms with Crippen molar-refractivity contribution in [3.05, 3.63) is 0 Å². The molecule has 122 valence electrons. The molecule has 0 bridgehead atoms. The molecule has 0 aromatic carbocycles. The van der Waals surface area contributed by atoms with Crippen LogP contribution in [0.5, 0.6) is 0 Å². The highest BCUT2D eigenvalue weighted by Gasteiger charge is 2.21. The average molecular weight is 289 g/mol. The fourth-order valence-corrected chi connectivity index (χ4v) is 1.98. The van der Waals surface area contributed by atoms with Crippen molar-refractivity contribution in [3.63, 3.8) is 0 Å². The SMILES string of the molecule is CCCCC(CC)COCC(O)CNC(C)(CC)CO. The number of unbranched alkanes of at least 4 members (excludes halogenated alkanes) is 1. The van der Waals surface area contributed by atoms with Crippen LogP contribution >= 0.6 is 0 Å². The molecular weight excluding hydrogens is 254 g/mol. The predicted octanol–water partition coefficient (Wildman–Crippen LogP) is 2.33. The van der Waals surface area contributed by atoms with Crippen LogP contribution in [0.1, 0.15) is 59.8 Å². The molecule has 0 aromatic heterocycles. The van der Waals surface area contributed by atoms with Gasteiger partial charge in [0.1, 0.15) is 0 Å². The number of ether oxygens (including phenoxy) is 1. The lowest BCUT2D eigenvalue weighted by Crippen LogP contribution is -2.48. The Hall–Kier alpha value is -0.160. The van der Waals surface area contributed by atoms with Crippen LogP contribution < -0.4 is 5.32 Å². The van der Waals surface area contributed by atoms with Gasteiger partial charge in [-0.3, -0.25) is 0 Å². The molecule has 0 heterocycles. The molecule has 0 saturated carbocycles. The summed E-state index contributed by atoms with van der Waals surface area (Å²) in [5.74, 6) is 0.605. The van der Waals surface area contributed by atoms with Crippen LogP contribution in [0.25, 0.3) is 0 Å². The minimum atomic E-state index is -0.517. The van der Waals surface area contributed by atoms with E-state index in [1.807, 2.05) is 13.8 Å². The monoisotopic (exact) mass is 289 g/mol. The Bertz CT molecular complexity index is 220. The molecule has 0 amide bonds. The lowest BCUT2D eigenvalue weighted by atomic mass is 10.00. The van der Waals surface area contributed by atoms with Crippen LogP contribution in [0, 0.1) is 5.92 Å². The fourth-order valence-electron chi connectivity index (χ4n) is 1.98. The quantitative estimate of drug-likeness (QED) is 0.487. The molecule has 0 aromatic rings. The van der Waals surface area contributed by atoms with E-state index in [1.165, 1.54) is 19.3 Å². The normalized spacial score (nSPS) is 17.7. The van der Waals surface area contributed by atoms with E-state index in [1.54, 1.807) is 0 Å². The number of aliphatic hydroxyl groups is 2. The van der Waals surface area contributed by atoms with Crippen LogP contribution in [-0.4, -0.2) is 48.2 Å². The van der Waals surface area contributed by atoms with Gasteiger partial charge in [0, 0.05) is 18.7 Å². The minimum Gasteiger partial charge on any atom is -0.394 e. The Morgan fingerprint density at radius 3 is 2.40 bits per heavy atom. The van der Waals surface area contributed by atoms with E-state index >= 15 is 0 Å². The van der Waals surface area contributed by atoms with Crippen molar-refractivity contribution in [2.24, 2.45) is 5.92 Å². The lowest BCUT2D eigenvalue weighted by Gasteiger charge is -2.28. The summed E-state index contributed by atoms with van der Waals surface area (Å²) in [5, 5.41) is 22.4. The first kappa shape index (κ1) is 19.8. The van der Waals surface area contributed by atoms with E-state index in [9.17, 15) is 10.2 Å². The van der Waals surface area contributed by atoms with E-state index in [0.717, 1.165) is 19.4 Å². The zero-order valence-corrected chi connectivity index (χ0v) is 13.8. The zero-order chi connectivity index (χ0) is 15.4. The van der Waals surface area contributed by atoms with Crippen molar-refractivity contribution in [1.29, 1.82) is 0 Å². The van der Waals surface area contributed by atoms with Crippen molar-refractivity contribution in [1.82, 2.24) is 5.32 Å². The van der Waals surface area contributed by atoms with Crippen molar-refractivity contribution in [2.45, 2.75) is 71.4 Å². The standard InChI is InChI=1S/C16H35NO3/c1-5-8-9-14(6-2)11-20-12-15(19)10-17-16(4,7-3)13-18/h14-15,17-19H,5-13H2,1-4H3. The number of hydrogen-bond donors (Lipinski definition) is 3. The summed E-state index contributed by atoms with van der Waals surface area (Å²) in [6.07, 6.45) is 5.12. The Morgan fingerprint density at radius 1 is 1.20 bits per heavy atom. The third-order valence-electron chi connectivity index (χ3n) is 4.10. The summed E-state index contributed by atoms with van der Waals surface area (Å²) >= 11 is 0. The molecule has 3 N–H and O–H groups in total. The van der Waals surface area contributed by atoms with E-state index in [0.29, 0.717) is 19.1 Å². The zero-order valence-electron chi connectivity index (χ0n) is 13.8. The Labute approximate surface area is 124 Å². The second-order valence-electron chi connectivity index (χ2n) is 6.06. The summed E-state index contributed by atoms with van der Waals surface area (Å²) < 4.78 is 5.63. The fraction of sp³-hybridized carbons (Fsp3) is 1.00. The van der Waals surface area contributed by atoms with Gasteiger partial charge < -0.3 is 20.3 Å². The summed E-state index contributed by atoms with van der Waals surface area (Å²) in [6.45, 7) is 10.00. The molecule has 0 aliphatic rings. The van der Waals surface area contributed by atoms with Gasteiger partial charge >= 0.3 is 0 Å². The molecule has 0 rings (SSSR count). The third-order valence-corrected chi connectivity index (χ3v) is 4.10. The molecule has 3 unspecified atom stereocenters.